The topological polar surface area (TPSA) is 99.0 Å². The number of aromatic nitrogens is 5. The number of fused-ring (bicyclic) bond motifs is 1. The van der Waals surface area contributed by atoms with E-state index in [0.717, 1.165) is 0 Å². The molecular formula is C13H9N7O2. The first-order valence-electron chi connectivity index (χ1n) is 6.34. The molecule has 9 heteroatoms. The molecule has 22 heavy (non-hydrogen) atoms. The lowest BCUT2D eigenvalue weighted by Gasteiger charge is -1.88. The predicted molar refractivity (Wildman–Crippen MR) is 76.4 cm³/mol. The fourth-order valence-corrected chi connectivity index (χ4v) is 1.79. The van der Waals surface area contributed by atoms with Gasteiger partial charge in [-0.1, -0.05) is 0 Å². The zero-order valence-corrected chi connectivity index (χ0v) is 11.1. The van der Waals surface area contributed by atoms with Gasteiger partial charge < -0.3 is 8.83 Å². The van der Waals surface area contributed by atoms with Gasteiger partial charge in [-0.05, 0) is 24.3 Å². The Kier molecular flexibility index (Phi) is 2.86. The Labute approximate surface area is 123 Å². The maximum atomic E-state index is 5.17. The molecule has 4 aromatic rings. The number of hydrogen-bond donors (Lipinski definition) is 0. The molecule has 0 aliphatic carbocycles. The minimum absolute atomic E-state index is 0.332. The van der Waals surface area contributed by atoms with E-state index in [1.807, 2.05) is 0 Å². The fourth-order valence-electron chi connectivity index (χ4n) is 1.79. The van der Waals surface area contributed by atoms with Crippen LogP contribution in [0.15, 0.2) is 62.0 Å². The second-order valence-electron chi connectivity index (χ2n) is 4.22. The van der Waals surface area contributed by atoms with Gasteiger partial charge in [0.05, 0.1) is 25.0 Å². The van der Waals surface area contributed by atoms with E-state index < -0.39 is 0 Å². The number of rotatable bonds is 4. The molecule has 0 N–H and O–H groups in total. The lowest BCUT2D eigenvalue weighted by atomic mass is 10.5. The van der Waals surface area contributed by atoms with E-state index >= 15 is 0 Å². The molecule has 4 aromatic heterocycles. The fraction of sp³-hybridized carbons (Fsp3) is 0. The SMILES string of the molecule is C(=Nc1nnc2n(N=Cc3ccco3)cnn12)c1ccco1. The van der Waals surface area contributed by atoms with Crippen LogP contribution in [0.2, 0.25) is 0 Å². The Hall–Kier alpha value is -3.49. The summed E-state index contributed by atoms with van der Waals surface area (Å²) in [6.07, 6.45) is 7.75. The molecule has 0 fully saturated rings. The molecule has 0 aliphatic heterocycles. The molecule has 0 unspecified atom stereocenters. The van der Waals surface area contributed by atoms with E-state index in [0.29, 0.717) is 23.2 Å². The van der Waals surface area contributed by atoms with Gasteiger partial charge in [-0.2, -0.15) is 14.3 Å². The average molecular weight is 295 g/mol. The van der Waals surface area contributed by atoms with Crippen LogP contribution in [0.25, 0.3) is 5.78 Å². The first-order chi connectivity index (χ1) is 10.9. The third-order valence-electron chi connectivity index (χ3n) is 2.79. The number of furan rings is 2. The maximum Gasteiger partial charge on any atom is 0.276 e. The molecule has 0 spiro atoms. The molecule has 9 nitrogen and oxygen atoms in total. The van der Waals surface area contributed by atoms with Crippen LogP contribution in [0.1, 0.15) is 11.5 Å². The average Bonchev–Trinajstić information content (AvgIpc) is 3.28. The molecule has 0 aromatic carbocycles. The van der Waals surface area contributed by atoms with E-state index in [-0.39, 0.29) is 0 Å². The highest BCUT2D eigenvalue weighted by molar-refractivity contribution is 5.77. The van der Waals surface area contributed by atoms with E-state index in [1.54, 1.807) is 49.2 Å². The van der Waals surface area contributed by atoms with Gasteiger partial charge in [0, 0.05) is 0 Å². The first-order valence-corrected chi connectivity index (χ1v) is 6.34. The second-order valence-corrected chi connectivity index (χ2v) is 4.22. The third kappa shape index (κ3) is 2.20. The molecule has 0 atom stereocenters. The van der Waals surface area contributed by atoms with Crippen LogP contribution in [0.3, 0.4) is 0 Å². The summed E-state index contributed by atoms with van der Waals surface area (Å²) in [5.41, 5.74) is 0. The van der Waals surface area contributed by atoms with Crippen LogP contribution in [-0.4, -0.2) is 36.9 Å². The zero-order chi connectivity index (χ0) is 14.8. The molecule has 0 amide bonds. The number of aliphatic imine (C=N–C) groups is 1. The minimum Gasteiger partial charge on any atom is -0.463 e. The largest absolute Gasteiger partial charge is 0.463 e. The second kappa shape index (κ2) is 5.13. The Morgan fingerprint density at radius 2 is 1.77 bits per heavy atom. The van der Waals surface area contributed by atoms with Crippen molar-refractivity contribution in [2.24, 2.45) is 10.1 Å². The summed E-state index contributed by atoms with van der Waals surface area (Å²) in [5, 5.41) is 16.3. The van der Waals surface area contributed by atoms with Crippen LogP contribution >= 0.6 is 0 Å². The number of hydrogen-bond acceptors (Lipinski definition) is 7. The van der Waals surface area contributed by atoms with Crippen molar-refractivity contribution >= 4 is 24.2 Å². The molecule has 0 radical (unpaired) electrons. The minimum atomic E-state index is 0.332. The predicted octanol–water partition coefficient (Wildman–Crippen LogP) is 1.74. The van der Waals surface area contributed by atoms with Crippen LogP contribution < -0.4 is 0 Å². The summed E-state index contributed by atoms with van der Waals surface area (Å²) in [7, 11) is 0. The van der Waals surface area contributed by atoms with Gasteiger partial charge in [0.15, 0.2) is 0 Å². The highest BCUT2D eigenvalue weighted by Crippen LogP contribution is 2.10. The van der Waals surface area contributed by atoms with Crippen molar-refractivity contribution in [2.75, 3.05) is 0 Å². The van der Waals surface area contributed by atoms with E-state index in [2.05, 4.69) is 25.4 Å². The maximum absolute atomic E-state index is 5.17. The summed E-state index contributed by atoms with van der Waals surface area (Å²) in [6, 6.07) is 7.14. The van der Waals surface area contributed by atoms with Crippen molar-refractivity contribution in [1.82, 2.24) is 24.5 Å². The summed E-state index contributed by atoms with van der Waals surface area (Å²) in [6.45, 7) is 0. The van der Waals surface area contributed by atoms with Crippen molar-refractivity contribution < 1.29 is 8.83 Å². The van der Waals surface area contributed by atoms with Gasteiger partial charge in [-0.3, -0.25) is 0 Å². The molecule has 0 bridgehead atoms. The Morgan fingerprint density at radius 3 is 2.50 bits per heavy atom. The Balaban J connectivity index is 1.64. The lowest BCUT2D eigenvalue weighted by molar-refractivity contribution is 0.559. The van der Waals surface area contributed by atoms with Gasteiger partial charge in [-0.15, -0.1) is 15.3 Å². The standard InChI is InChI=1S/C13H9N7O2/c1-3-10(21-5-1)7-14-12-17-18-13-19(9-16-20(12)13)15-8-11-4-2-6-22-11/h1-9H. The summed E-state index contributed by atoms with van der Waals surface area (Å²) >= 11 is 0. The van der Waals surface area contributed by atoms with Gasteiger partial charge in [0.2, 0.25) is 0 Å². The Bertz CT molecular complexity index is 850. The van der Waals surface area contributed by atoms with E-state index in [1.165, 1.54) is 15.5 Å². The zero-order valence-electron chi connectivity index (χ0n) is 11.1. The van der Waals surface area contributed by atoms with Gasteiger partial charge in [0.25, 0.3) is 11.7 Å². The van der Waals surface area contributed by atoms with Crippen molar-refractivity contribution in [2.45, 2.75) is 0 Å². The molecule has 4 heterocycles. The highest BCUT2D eigenvalue weighted by atomic mass is 16.3. The van der Waals surface area contributed by atoms with Gasteiger partial charge in [0.1, 0.15) is 17.8 Å². The quantitative estimate of drug-likeness (QED) is 0.534. The molecule has 0 saturated heterocycles. The van der Waals surface area contributed by atoms with E-state index in [4.69, 9.17) is 8.83 Å². The third-order valence-corrected chi connectivity index (χ3v) is 2.79. The van der Waals surface area contributed by atoms with Gasteiger partial charge in [-0.25, -0.2) is 4.99 Å². The summed E-state index contributed by atoms with van der Waals surface area (Å²) in [5.74, 6) is 2.02. The lowest BCUT2D eigenvalue weighted by Crippen LogP contribution is -1.89. The van der Waals surface area contributed by atoms with E-state index in [9.17, 15) is 0 Å². The van der Waals surface area contributed by atoms with Crippen molar-refractivity contribution in [3.63, 3.8) is 0 Å². The van der Waals surface area contributed by atoms with Crippen LogP contribution in [-0.2, 0) is 0 Å². The summed E-state index contributed by atoms with van der Waals surface area (Å²) < 4.78 is 13.3. The number of nitrogens with zero attached hydrogens (tertiary/aromatic N) is 7. The molecule has 4 rings (SSSR count). The molecular weight excluding hydrogens is 286 g/mol. The molecule has 108 valence electrons. The van der Waals surface area contributed by atoms with Crippen LogP contribution in [0.4, 0.5) is 5.95 Å². The normalized spacial score (nSPS) is 12.2. The molecule has 0 aliphatic rings. The molecule has 0 saturated carbocycles. The summed E-state index contributed by atoms with van der Waals surface area (Å²) in [4.78, 5) is 4.18. The van der Waals surface area contributed by atoms with Crippen LogP contribution in [0.5, 0.6) is 0 Å². The van der Waals surface area contributed by atoms with Crippen molar-refractivity contribution in [3.8, 4) is 0 Å². The van der Waals surface area contributed by atoms with Crippen molar-refractivity contribution in [1.29, 1.82) is 0 Å². The highest BCUT2D eigenvalue weighted by Gasteiger charge is 2.09. The van der Waals surface area contributed by atoms with Crippen molar-refractivity contribution in [3.05, 3.63) is 54.6 Å². The monoisotopic (exact) mass is 295 g/mol. The van der Waals surface area contributed by atoms with Gasteiger partial charge >= 0.3 is 0 Å². The Morgan fingerprint density at radius 1 is 1.00 bits per heavy atom. The van der Waals surface area contributed by atoms with Crippen LogP contribution in [0, 0.1) is 0 Å². The first kappa shape index (κ1) is 12.3. The smallest absolute Gasteiger partial charge is 0.276 e.